The molecule has 0 unspecified atom stereocenters. The van der Waals surface area contributed by atoms with Crippen molar-refractivity contribution >= 4 is 57.4 Å². The third-order valence-corrected chi connectivity index (χ3v) is 6.14. The molecule has 2 aromatic rings. The Labute approximate surface area is 212 Å². The molecule has 0 radical (unpaired) electrons. The highest BCUT2D eigenvalue weighted by Gasteiger charge is 2.38. The van der Waals surface area contributed by atoms with Crippen LogP contribution in [0.2, 0.25) is 5.02 Å². The fourth-order valence-corrected chi connectivity index (χ4v) is 4.60. The molecule has 1 aliphatic rings. The number of carboxylic acids is 1. The number of amides is 4. The zero-order chi connectivity index (χ0) is 27.0. The Kier molecular flexibility index (Phi) is 10.1. The molecule has 0 bridgehead atoms. The number of carbonyl (C=O) groups excluding carboxylic acids is 3. The van der Waals surface area contributed by atoms with Crippen LogP contribution in [0.5, 0.6) is 0 Å². The second-order valence-corrected chi connectivity index (χ2v) is 9.01. The van der Waals surface area contributed by atoms with Gasteiger partial charge >= 0.3 is 18.2 Å². The maximum Gasteiger partial charge on any atom is 0.490 e. The van der Waals surface area contributed by atoms with Crippen molar-refractivity contribution in [2.45, 2.75) is 26.1 Å². The smallest absolute Gasteiger partial charge is 0.475 e. The molecule has 1 aromatic carbocycles. The average Bonchev–Trinajstić information content (AvgIpc) is 3.12. The Morgan fingerprint density at radius 2 is 1.78 bits per heavy atom. The Hall–Kier alpha value is -3.36. The number of urea groups is 1. The number of halogens is 4. The van der Waals surface area contributed by atoms with Gasteiger partial charge in [0.05, 0.1) is 5.56 Å². The van der Waals surface area contributed by atoms with Crippen LogP contribution in [0.3, 0.4) is 0 Å². The lowest BCUT2D eigenvalue weighted by molar-refractivity contribution is -0.192. The van der Waals surface area contributed by atoms with Crippen molar-refractivity contribution in [1.82, 2.24) is 10.2 Å². The van der Waals surface area contributed by atoms with E-state index in [1.165, 1.54) is 18.3 Å². The second-order valence-electron chi connectivity index (χ2n) is 7.47. The van der Waals surface area contributed by atoms with E-state index in [-0.39, 0.29) is 5.91 Å². The number of nitrogens with one attached hydrogen (secondary N) is 3. The molecule has 4 amide bonds. The summed E-state index contributed by atoms with van der Waals surface area (Å²) in [7, 11) is 0. The number of hydrogen-bond donors (Lipinski definition) is 5. The van der Waals surface area contributed by atoms with E-state index < -0.39 is 24.1 Å². The number of primary amides is 1. The molecular formula is C21H23ClF3N5O5S. The van der Waals surface area contributed by atoms with Crippen LogP contribution in [0.15, 0.2) is 24.3 Å². The van der Waals surface area contributed by atoms with Crippen molar-refractivity contribution in [2.75, 3.05) is 30.3 Å². The predicted molar refractivity (Wildman–Crippen MR) is 128 cm³/mol. The molecule has 3 rings (SSSR count). The first-order chi connectivity index (χ1) is 16.8. The van der Waals surface area contributed by atoms with Crippen LogP contribution < -0.4 is 21.7 Å². The van der Waals surface area contributed by atoms with Gasteiger partial charge in [0, 0.05) is 48.7 Å². The number of benzene rings is 1. The first kappa shape index (κ1) is 28.9. The summed E-state index contributed by atoms with van der Waals surface area (Å²) in [5, 5.41) is 16.4. The number of thiophene rings is 1. The lowest BCUT2D eigenvalue weighted by atomic mass is 10.0. The van der Waals surface area contributed by atoms with Crippen LogP contribution in [-0.2, 0) is 22.6 Å². The van der Waals surface area contributed by atoms with Crippen LogP contribution >= 0.6 is 22.9 Å². The number of alkyl halides is 3. The molecule has 0 saturated heterocycles. The standard InChI is InChI=1S/C19H22ClN5O3S.C2HF3O2/c1-11(26)22-7-9-25-8-6-14-15(10-25)29-18(16(14)17(21)27)24-19(28)23-13-4-2-12(20)3-5-13;3-2(4,5)1(6)7/h2-5H,6-10H2,1H3,(H2,21,27)(H,22,26)(H2,23,24,28);(H,6,7). The largest absolute Gasteiger partial charge is 0.490 e. The maximum absolute atomic E-state index is 12.4. The quantitative estimate of drug-likeness (QED) is 0.372. The molecule has 196 valence electrons. The molecule has 0 saturated carbocycles. The third kappa shape index (κ3) is 8.70. The summed E-state index contributed by atoms with van der Waals surface area (Å²) in [4.78, 5) is 47.5. The Bertz CT molecular complexity index is 1120. The lowest BCUT2D eigenvalue weighted by Gasteiger charge is -2.26. The zero-order valence-electron chi connectivity index (χ0n) is 18.9. The minimum Gasteiger partial charge on any atom is -0.475 e. The van der Waals surface area contributed by atoms with Crippen molar-refractivity contribution in [2.24, 2.45) is 5.73 Å². The molecule has 0 fully saturated rings. The Balaban J connectivity index is 0.000000572. The molecule has 0 spiro atoms. The molecule has 1 aliphatic heterocycles. The number of aliphatic carboxylic acids is 1. The molecular weight excluding hydrogens is 527 g/mol. The topological polar surface area (TPSA) is 154 Å². The summed E-state index contributed by atoms with van der Waals surface area (Å²) in [5.74, 6) is -3.38. The highest BCUT2D eigenvalue weighted by Crippen LogP contribution is 2.37. The van der Waals surface area contributed by atoms with E-state index in [4.69, 9.17) is 27.2 Å². The van der Waals surface area contributed by atoms with Crippen LogP contribution in [0.4, 0.5) is 28.7 Å². The second kappa shape index (κ2) is 12.6. The van der Waals surface area contributed by atoms with E-state index in [0.29, 0.717) is 47.3 Å². The van der Waals surface area contributed by atoms with Crippen LogP contribution in [0.25, 0.3) is 0 Å². The van der Waals surface area contributed by atoms with Gasteiger partial charge in [-0.1, -0.05) is 11.6 Å². The average molecular weight is 550 g/mol. The maximum atomic E-state index is 12.4. The number of carbonyl (C=O) groups is 4. The molecule has 0 atom stereocenters. The van der Waals surface area contributed by atoms with E-state index in [2.05, 4.69) is 20.9 Å². The molecule has 6 N–H and O–H groups in total. The normalized spacial score (nSPS) is 13.0. The summed E-state index contributed by atoms with van der Waals surface area (Å²) in [6, 6.07) is 6.25. The zero-order valence-corrected chi connectivity index (χ0v) is 20.4. The molecule has 36 heavy (non-hydrogen) atoms. The lowest BCUT2D eigenvalue weighted by Crippen LogP contribution is -2.37. The van der Waals surface area contributed by atoms with Gasteiger partial charge in [0.15, 0.2) is 0 Å². The minimum absolute atomic E-state index is 0.0620. The van der Waals surface area contributed by atoms with Gasteiger partial charge in [-0.05, 0) is 36.2 Å². The van der Waals surface area contributed by atoms with Crippen molar-refractivity contribution in [3.63, 3.8) is 0 Å². The molecule has 0 aliphatic carbocycles. The van der Waals surface area contributed by atoms with Crippen molar-refractivity contribution < 1.29 is 37.5 Å². The van der Waals surface area contributed by atoms with Crippen molar-refractivity contribution in [1.29, 1.82) is 0 Å². The first-order valence-electron chi connectivity index (χ1n) is 10.3. The fourth-order valence-electron chi connectivity index (χ4n) is 3.18. The molecule has 10 nitrogen and oxygen atoms in total. The van der Waals surface area contributed by atoms with Crippen LogP contribution in [0, 0.1) is 0 Å². The number of fused-ring (bicyclic) bond motifs is 1. The minimum atomic E-state index is -5.08. The third-order valence-electron chi connectivity index (χ3n) is 4.76. The predicted octanol–water partition coefficient (Wildman–Crippen LogP) is 3.27. The van der Waals surface area contributed by atoms with Gasteiger partial charge in [-0.2, -0.15) is 13.2 Å². The summed E-state index contributed by atoms with van der Waals surface area (Å²) < 4.78 is 31.7. The van der Waals surface area contributed by atoms with Gasteiger partial charge in [0.25, 0.3) is 5.91 Å². The number of hydrogen-bond acceptors (Lipinski definition) is 6. The SMILES string of the molecule is CC(=O)NCCN1CCc2c(sc(NC(=O)Nc3ccc(Cl)cc3)c2C(N)=O)C1.O=C(O)C(F)(F)F. The van der Waals surface area contributed by atoms with E-state index in [0.717, 1.165) is 17.0 Å². The summed E-state index contributed by atoms with van der Waals surface area (Å²) in [6.07, 6.45) is -4.43. The number of rotatable bonds is 6. The van der Waals surface area contributed by atoms with Gasteiger partial charge < -0.3 is 21.5 Å². The van der Waals surface area contributed by atoms with E-state index in [1.807, 2.05) is 0 Å². The van der Waals surface area contributed by atoms with E-state index in [9.17, 15) is 27.6 Å². The van der Waals surface area contributed by atoms with Gasteiger partial charge in [0.2, 0.25) is 5.91 Å². The highest BCUT2D eigenvalue weighted by molar-refractivity contribution is 7.17. The summed E-state index contributed by atoms with van der Waals surface area (Å²) >= 11 is 7.20. The number of nitrogens with zero attached hydrogens (tertiary/aromatic N) is 1. The van der Waals surface area contributed by atoms with Gasteiger partial charge in [-0.15, -0.1) is 11.3 Å². The Morgan fingerprint density at radius 1 is 1.17 bits per heavy atom. The Morgan fingerprint density at radius 3 is 2.31 bits per heavy atom. The molecule has 2 heterocycles. The fraction of sp³-hybridized carbons (Fsp3) is 0.333. The first-order valence-corrected chi connectivity index (χ1v) is 11.5. The van der Waals surface area contributed by atoms with Gasteiger partial charge in [0.1, 0.15) is 5.00 Å². The highest BCUT2D eigenvalue weighted by atomic mass is 35.5. The van der Waals surface area contributed by atoms with E-state index >= 15 is 0 Å². The van der Waals surface area contributed by atoms with Gasteiger partial charge in [-0.25, -0.2) is 9.59 Å². The number of anilines is 2. The summed E-state index contributed by atoms with van der Waals surface area (Å²) in [5.41, 5.74) is 7.44. The van der Waals surface area contributed by atoms with Gasteiger partial charge in [-0.3, -0.25) is 19.8 Å². The van der Waals surface area contributed by atoms with Crippen LogP contribution in [-0.4, -0.2) is 59.6 Å². The molecule has 15 heteroatoms. The van der Waals surface area contributed by atoms with Crippen molar-refractivity contribution in [3.8, 4) is 0 Å². The van der Waals surface area contributed by atoms with Crippen LogP contribution in [0.1, 0.15) is 27.7 Å². The monoisotopic (exact) mass is 549 g/mol. The number of carboxylic acid groups (broad SMARTS) is 1. The van der Waals surface area contributed by atoms with E-state index in [1.54, 1.807) is 24.3 Å². The summed E-state index contributed by atoms with van der Waals surface area (Å²) in [6.45, 7) is 4.15. The number of nitrogens with two attached hydrogens (primary N) is 1. The molecule has 1 aromatic heterocycles. The van der Waals surface area contributed by atoms with Crippen molar-refractivity contribution in [3.05, 3.63) is 45.3 Å².